The molecule has 0 aromatic heterocycles. The van der Waals surface area contributed by atoms with Crippen LogP contribution in [0.1, 0.15) is 6.42 Å². The van der Waals surface area contributed by atoms with E-state index in [0.29, 0.717) is 6.42 Å². The monoisotopic (exact) mass is 242 g/mol. The van der Waals surface area contributed by atoms with Crippen molar-refractivity contribution in [1.82, 2.24) is 0 Å². The molecule has 4 heteroatoms. The summed E-state index contributed by atoms with van der Waals surface area (Å²) in [6.07, 6.45) is -0.472. The molecule has 0 aromatic carbocycles. The van der Waals surface area contributed by atoms with E-state index in [0.717, 1.165) is 4.43 Å². The number of hydrogen-bond donors (Lipinski definition) is 1. The molecule has 0 saturated carbocycles. The minimum Gasteiger partial charge on any atom is -0.460 e. The number of ether oxygens (including phenoxy) is 1. The van der Waals surface area contributed by atoms with Crippen molar-refractivity contribution in [3.8, 4) is 0 Å². The van der Waals surface area contributed by atoms with Crippen molar-refractivity contribution < 1.29 is 14.6 Å². The van der Waals surface area contributed by atoms with E-state index >= 15 is 0 Å². The molecule has 0 amide bonds. The normalized spacial score (nSPS) is 34.7. The molecule has 0 unspecified atom stereocenters. The van der Waals surface area contributed by atoms with Gasteiger partial charge in [-0.25, -0.2) is 4.79 Å². The quantitative estimate of drug-likeness (QED) is 0.403. The van der Waals surface area contributed by atoms with Crippen molar-refractivity contribution in [2.75, 3.05) is 4.43 Å². The molecule has 52 valence electrons. The lowest BCUT2D eigenvalue weighted by Gasteiger charge is -2.00. The molecular weight excluding hydrogens is 235 g/mol. The summed E-state index contributed by atoms with van der Waals surface area (Å²) in [5.74, 6) is -0.475. The Bertz CT molecular complexity index is 125. The van der Waals surface area contributed by atoms with Crippen LogP contribution < -0.4 is 0 Å². The van der Waals surface area contributed by atoms with Gasteiger partial charge in [0.15, 0.2) is 6.10 Å². The summed E-state index contributed by atoms with van der Waals surface area (Å²) in [6, 6.07) is 0. The Morgan fingerprint density at radius 2 is 2.56 bits per heavy atom. The lowest BCUT2D eigenvalue weighted by Crippen LogP contribution is -2.11. The lowest BCUT2D eigenvalue weighted by atomic mass is 10.2. The van der Waals surface area contributed by atoms with Crippen LogP contribution in [0.3, 0.4) is 0 Å². The molecule has 0 radical (unpaired) electrons. The highest BCUT2D eigenvalue weighted by atomic mass is 127. The van der Waals surface area contributed by atoms with Gasteiger partial charge in [0.1, 0.15) is 6.10 Å². The van der Waals surface area contributed by atoms with Crippen LogP contribution in [0.15, 0.2) is 0 Å². The molecule has 1 rings (SSSR count). The van der Waals surface area contributed by atoms with Gasteiger partial charge in [-0.05, 0) is 0 Å². The van der Waals surface area contributed by atoms with E-state index in [-0.39, 0.29) is 6.10 Å². The Kier molecular flexibility index (Phi) is 2.29. The lowest BCUT2D eigenvalue weighted by molar-refractivity contribution is -0.146. The van der Waals surface area contributed by atoms with Gasteiger partial charge in [0.05, 0.1) is 0 Å². The molecule has 0 aromatic rings. The maximum atomic E-state index is 10.5. The molecular formula is C5H7IO3. The van der Waals surface area contributed by atoms with Crippen LogP contribution in [-0.4, -0.2) is 27.7 Å². The Balaban J connectivity index is 2.44. The molecule has 1 aliphatic rings. The molecule has 0 aliphatic carbocycles. The Hall–Kier alpha value is 0.160. The van der Waals surface area contributed by atoms with Gasteiger partial charge in [-0.3, -0.25) is 0 Å². The molecule has 1 N–H and O–H groups in total. The summed E-state index contributed by atoms with van der Waals surface area (Å²) in [4.78, 5) is 10.5. The van der Waals surface area contributed by atoms with Crippen LogP contribution >= 0.6 is 22.6 Å². The van der Waals surface area contributed by atoms with Gasteiger partial charge in [-0.2, -0.15) is 0 Å². The minimum atomic E-state index is -0.871. The number of halogens is 1. The van der Waals surface area contributed by atoms with Crippen LogP contribution in [0.4, 0.5) is 0 Å². The van der Waals surface area contributed by atoms with Crippen molar-refractivity contribution >= 4 is 28.6 Å². The number of cyclic esters (lactones) is 1. The number of carbonyl (C=O) groups is 1. The van der Waals surface area contributed by atoms with E-state index in [1.54, 1.807) is 0 Å². The van der Waals surface area contributed by atoms with E-state index < -0.39 is 12.1 Å². The second-order valence-electron chi connectivity index (χ2n) is 1.96. The Morgan fingerprint density at radius 1 is 1.89 bits per heavy atom. The highest BCUT2D eigenvalue weighted by Crippen LogP contribution is 2.15. The summed E-state index contributed by atoms with van der Waals surface area (Å²) in [5, 5.41) is 8.82. The van der Waals surface area contributed by atoms with Crippen LogP contribution in [-0.2, 0) is 9.53 Å². The van der Waals surface area contributed by atoms with E-state index in [9.17, 15) is 4.79 Å². The summed E-state index contributed by atoms with van der Waals surface area (Å²) in [7, 11) is 0. The third kappa shape index (κ3) is 1.54. The number of aliphatic hydroxyl groups is 1. The summed E-state index contributed by atoms with van der Waals surface area (Å²) < 4.78 is 5.49. The number of alkyl halides is 1. The van der Waals surface area contributed by atoms with Gasteiger partial charge < -0.3 is 9.84 Å². The van der Waals surface area contributed by atoms with Crippen molar-refractivity contribution in [2.45, 2.75) is 18.6 Å². The average molecular weight is 242 g/mol. The third-order valence-electron chi connectivity index (χ3n) is 1.21. The van der Waals surface area contributed by atoms with Crippen molar-refractivity contribution in [1.29, 1.82) is 0 Å². The smallest absolute Gasteiger partial charge is 0.335 e. The Morgan fingerprint density at radius 3 is 2.78 bits per heavy atom. The first-order chi connectivity index (χ1) is 4.24. The molecule has 9 heavy (non-hydrogen) atoms. The maximum Gasteiger partial charge on any atom is 0.335 e. The largest absolute Gasteiger partial charge is 0.460 e. The molecule has 0 bridgehead atoms. The number of carbonyl (C=O) groups excluding carboxylic acids is 1. The second-order valence-corrected chi connectivity index (χ2v) is 2.85. The van der Waals surface area contributed by atoms with Gasteiger partial charge >= 0.3 is 5.97 Å². The zero-order valence-corrected chi connectivity index (χ0v) is 6.87. The topological polar surface area (TPSA) is 46.5 Å². The summed E-state index contributed by atoms with van der Waals surface area (Å²) in [6.45, 7) is 0. The highest BCUT2D eigenvalue weighted by Gasteiger charge is 2.31. The van der Waals surface area contributed by atoms with Crippen molar-refractivity contribution in [3.63, 3.8) is 0 Å². The highest BCUT2D eigenvalue weighted by molar-refractivity contribution is 14.1. The number of hydrogen-bond acceptors (Lipinski definition) is 3. The fourth-order valence-corrected chi connectivity index (χ4v) is 1.27. The molecule has 1 heterocycles. The maximum absolute atomic E-state index is 10.5. The van der Waals surface area contributed by atoms with Crippen LogP contribution in [0.25, 0.3) is 0 Å². The van der Waals surface area contributed by atoms with Crippen LogP contribution in [0, 0.1) is 0 Å². The average Bonchev–Trinajstić information content (AvgIpc) is 2.13. The second kappa shape index (κ2) is 2.83. The van der Waals surface area contributed by atoms with Crippen LogP contribution in [0.5, 0.6) is 0 Å². The predicted molar refractivity (Wildman–Crippen MR) is 39.4 cm³/mol. The zero-order chi connectivity index (χ0) is 6.85. The molecule has 0 spiro atoms. The van der Waals surface area contributed by atoms with Gasteiger partial charge in [0.2, 0.25) is 0 Å². The number of aliphatic hydroxyl groups excluding tert-OH is 1. The first-order valence-electron chi connectivity index (χ1n) is 2.68. The number of rotatable bonds is 1. The zero-order valence-electron chi connectivity index (χ0n) is 4.71. The first-order valence-corrected chi connectivity index (χ1v) is 4.21. The van der Waals surface area contributed by atoms with Crippen LogP contribution in [0.2, 0.25) is 0 Å². The molecule has 1 aliphatic heterocycles. The van der Waals surface area contributed by atoms with E-state index in [2.05, 4.69) is 22.6 Å². The number of esters is 1. The SMILES string of the molecule is O=C1O[C@@H](CI)C[C@H]1O. The van der Waals surface area contributed by atoms with Crippen molar-refractivity contribution in [3.05, 3.63) is 0 Å². The van der Waals surface area contributed by atoms with E-state index in [1.165, 1.54) is 0 Å². The predicted octanol–water partition coefficient (Wildman–Crippen LogP) is 0.0978. The molecule has 1 saturated heterocycles. The minimum absolute atomic E-state index is 0.0619. The first kappa shape index (κ1) is 7.27. The summed E-state index contributed by atoms with van der Waals surface area (Å²) >= 11 is 2.12. The standard InChI is InChI=1S/C5H7IO3/c6-2-3-1-4(7)5(8)9-3/h3-4,7H,1-2H2/t3-,4-/m1/s1. The molecule has 2 atom stereocenters. The van der Waals surface area contributed by atoms with E-state index in [1.807, 2.05) is 0 Å². The van der Waals surface area contributed by atoms with Gasteiger partial charge in [-0.1, -0.05) is 22.6 Å². The van der Waals surface area contributed by atoms with Crippen molar-refractivity contribution in [2.24, 2.45) is 0 Å². The van der Waals surface area contributed by atoms with Gasteiger partial charge in [0.25, 0.3) is 0 Å². The summed E-state index contributed by atoms with van der Waals surface area (Å²) in [5.41, 5.74) is 0. The molecule has 1 fully saturated rings. The fraction of sp³-hybridized carbons (Fsp3) is 0.800. The molecule has 3 nitrogen and oxygen atoms in total. The van der Waals surface area contributed by atoms with Gasteiger partial charge in [-0.15, -0.1) is 0 Å². The third-order valence-corrected chi connectivity index (χ3v) is 2.20. The van der Waals surface area contributed by atoms with Gasteiger partial charge in [0, 0.05) is 10.8 Å². The Labute approximate surface area is 66.5 Å². The fourth-order valence-electron chi connectivity index (χ4n) is 0.731. The van der Waals surface area contributed by atoms with E-state index in [4.69, 9.17) is 9.84 Å².